The molecule has 0 aromatic heterocycles. The number of benzene rings is 4. The molecule has 1 fully saturated rings. The predicted molar refractivity (Wildman–Crippen MR) is 149 cm³/mol. The van der Waals surface area contributed by atoms with Crippen LogP contribution in [0.1, 0.15) is 36.8 Å². The third kappa shape index (κ3) is 6.28. The van der Waals surface area contributed by atoms with Crippen LogP contribution in [-0.2, 0) is 21.9 Å². The molecule has 4 aromatic carbocycles. The Kier molecular flexibility index (Phi) is 7.94. The second-order valence-corrected chi connectivity index (χ2v) is 10.4. The SMILES string of the molecule is O=CC(NC(=O)Cc1ccc2cc(OC3CCCC3)ccc2c1)C(F)(F)c1ccc(-c2ccc(Cl)cc2)cc1. The van der Waals surface area contributed by atoms with Crippen molar-refractivity contribution in [3.8, 4) is 16.9 Å². The minimum Gasteiger partial charge on any atom is -0.490 e. The third-order valence-corrected chi connectivity index (χ3v) is 7.39. The van der Waals surface area contributed by atoms with Gasteiger partial charge in [0.1, 0.15) is 12.0 Å². The summed E-state index contributed by atoms with van der Waals surface area (Å²) in [4.78, 5) is 24.3. The molecule has 7 heteroatoms. The molecule has 5 rings (SSSR count). The molecule has 200 valence electrons. The van der Waals surface area contributed by atoms with Crippen molar-refractivity contribution in [1.82, 2.24) is 5.32 Å². The molecule has 0 heterocycles. The number of ether oxygens (including phenoxy) is 1. The topological polar surface area (TPSA) is 55.4 Å². The Labute approximate surface area is 230 Å². The summed E-state index contributed by atoms with van der Waals surface area (Å²) in [6.45, 7) is 0. The predicted octanol–water partition coefficient (Wildman–Crippen LogP) is 7.50. The third-order valence-electron chi connectivity index (χ3n) is 7.14. The summed E-state index contributed by atoms with van der Waals surface area (Å²) >= 11 is 5.91. The van der Waals surface area contributed by atoms with Crippen molar-refractivity contribution in [3.63, 3.8) is 0 Å². The van der Waals surface area contributed by atoms with Crippen LogP contribution in [0.3, 0.4) is 0 Å². The van der Waals surface area contributed by atoms with Gasteiger partial charge in [0.25, 0.3) is 5.92 Å². The molecule has 0 saturated heterocycles. The van der Waals surface area contributed by atoms with Gasteiger partial charge in [-0.15, -0.1) is 0 Å². The van der Waals surface area contributed by atoms with Crippen LogP contribution in [-0.4, -0.2) is 24.3 Å². The van der Waals surface area contributed by atoms with Gasteiger partial charge < -0.3 is 14.8 Å². The maximum Gasteiger partial charge on any atom is 0.299 e. The van der Waals surface area contributed by atoms with Gasteiger partial charge in [0, 0.05) is 10.6 Å². The van der Waals surface area contributed by atoms with Gasteiger partial charge in [-0.25, -0.2) is 0 Å². The Morgan fingerprint density at radius 2 is 1.54 bits per heavy atom. The molecule has 1 unspecified atom stereocenters. The number of nitrogens with one attached hydrogen (secondary N) is 1. The van der Waals surface area contributed by atoms with E-state index >= 15 is 8.78 Å². The Balaban J connectivity index is 1.24. The molecule has 0 aliphatic heterocycles. The van der Waals surface area contributed by atoms with Crippen LogP contribution in [0.15, 0.2) is 84.9 Å². The molecule has 1 atom stereocenters. The number of fused-ring (bicyclic) bond motifs is 1. The highest BCUT2D eigenvalue weighted by molar-refractivity contribution is 6.30. The van der Waals surface area contributed by atoms with Crippen LogP contribution in [0.5, 0.6) is 5.75 Å². The number of rotatable bonds is 9. The Bertz CT molecular complexity index is 1470. The number of amides is 1. The van der Waals surface area contributed by atoms with Crippen LogP contribution in [0.4, 0.5) is 8.78 Å². The van der Waals surface area contributed by atoms with Crippen LogP contribution in [0.2, 0.25) is 5.02 Å². The summed E-state index contributed by atoms with van der Waals surface area (Å²) in [5.41, 5.74) is 1.84. The summed E-state index contributed by atoms with van der Waals surface area (Å²) in [6.07, 6.45) is 4.73. The largest absolute Gasteiger partial charge is 0.490 e. The van der Waals surface area contributed by atoms with Crippen LogP contribution >= 0.6 is 11.6 Å². The molecule has 4 nitrogen and oxygen atoms in total. The van der Waals surface area contributed by atoms with Gasteiger partial charge in [-0.3, -0.25) is 4.79 Å². The Morgan fingerprint density at radius 1 is 0.923 bits per heavy atom. The average molecular weight is 548 g/mol. The van der Waals surface area contributed by atoms with Gasteiger partial charge in [0.2, 0.25) is 5.91 Å². The number of aldehydes is 1. The lowest BCUT2D eigenvalue weighted by atomic mass is 9.97. The molecule has 1 amide bonds. The second kappa shape index (κ2) is 11.5. The van der Waals surface area contributed by atoms with Crippen molar-refractivity contribution in [1.29, 1.82) is 0 Å². The zero-order chi connectivity index (χ0) is 27.4. The van der Waals surface area contributed by atoms with Crippen LogP contribution in [0, 0.1) is 0 Å². The first-order chi connectivity index (χ1) is 18.8. The van der Waals surface area contributed by atoms with E-state index in [1.807, 2.05) is 30.3 Å². The molecule has 0 radical (unpaired) electrons. The normalized spacial score (nSPS) is 14.7. The van der Waals surface area contributed by atoms with Crippen molar-refractivity contribution in [2.45, 2.75) is 50.2 Å². The number of carbonyl (C=O) groups excluding carboxylic acids is 2. The quantitative estimate of drug-likeness (QED) is 0.221. The molecule has 1 aliphatic rings. The van der Waals surface area contributed by atoms with Gasteiger partial charge >= 0.3 is 0 Å². The van der Waals surface area contributed by atoms with Crippen molar-refractivity contribution in [3.05, 3.63) is 101 Å². The van der Waals surface area contributed by atoms with E-state index in [1.165, 1.54) is 25.0 Å². The number of hydrogen-bond acceptors (Lipinski definition) is 3. The van der Waals surface area contributed by atoms with Gasteiger partial charge in [0.15, 0.2) is 6.04 Å². The molecule has 39 heavy (non-hydrogen) atoms. The fourth-order valence-electron chi connectivity index (χ4n) is 4.98. The standard InChI is InChI=1S/C32H28ClF2NO3/c33-27-14-9-23(10-15-27)22-7-12-26(13-8-22)32(34,35)30(20-37)36-31(38)18-21-5-6-25-19-29(16-11-24(25)17-21)39-28-3-1-2-4-28/h5-17,19-20,28,30H,1-4,18H2,(H,36,38). The molecule has 1 N–H and O–H groups in total. The lowest BCUT2D eigenvalue weighted by molar-refractivity contribution is -0.132. The number of hydrogen-bond donors (Lipinski definition) is 1. The van der Waals surface area contributed by atoms with E-state index in [9.17, 15) is 9.59 Å². The lowest BCUT2D eigenvalue weighted by Gasteiger charge is -2.24. The van der Waals surface area contributed by atoms with E-state index in [1.54, 1.807) is 42.5 Å². The molecular weight excluding hydrogens is 520 g/mol. The van der Waals surface area contributed by atoms with E-state index in [-0.39, 0.29) is 24.4 Å². The smallest absolute Gasteiger partial charge is 0.299 e. The maximum atomic E-state index is 15.2. The highest BCUT2D eigenvalue weighted by atomic mass is 35.5. The van der Waals surface area contributed by atoms with Gasteiger partial charge in [-0.2, -0.15) is 8.78 Å². The number of carbonyl (C=O) groups is 2. The minimum atomic E-state index is -3.59. The highest BCUT2D eigenvalue weighted by Gasteiger charge is 2.42. The molecule has 1 aliphatic carbocycles. The van der Waals surface area contributed by atoms with Gasteiger partial charge in [0.05, 0.1) is 12.5 Å². The molecule has 1 saturated carbocycles. The van der Waals surface area contributed by atoms with E-state index in [0.717, 1.165) is 40.5 Å². The molecular formula is C32H28ClF2NO3. The van der Waals surface area contributed by atoms with Crippen molar-refractivity contribution >= 4 is 34.6 Å². The van der Waals surface area contributed by atoms with Crippen LogP contribution < -0.4 is 10.1 Å². The summed E-state index contributed by atoms with van der Waals surface area (Å²) in [7, 11) is 0. The second-order valence-electron chi connectivity index (χ2n) is 9.93. The summed E-state index contributed by atoms with van der Waals surface area (Å²) in [6, 6.07) is 22.0. The van der Waals surface area contributed by atoms with E-state index in [4.69, 9.17) is 16.3 Å². The van der Waals surface area contributed by atoms with E-state index in [2.05, 4.69) is 5.32 Å². The summed E-state index contributed by atoms with van der Waals surface area (Å²) in [5, 5.41) is 4.67. The molecule has 0 bridgehead atoms. The monoisotopic (exact) mass is 547 g/mol. The molecule has 0 spiro atoms. The lowest BCUT2D eigenvalue weighted by Crippen LogP contribution is -2.47. The summed E-state index contributed by atoms with van der Waals surface area (Å²) in [5.74, 6) is -3.43. The minimum absolute atomic E-state index is 0.0806. The van der Waals surface area contributed by atoms with E-state index in [0.29, 0.717) is 10.6 Å². The Hall–Kier alpha value is -3.77. The summed E-state index contributed by atoms with van der Waals surface area (Å²) < 4.78 is 36.5. The zero-order valence-electron chi connectivity index (χ0n) is 21.2. The van der Waals surface area contributed by atoms with Gasteiger partial charge in [-0.1, -0.05) is 72.3 Å². The number of halogens is 3. The fraction of sp³-hybridized carbons (Fsp3) is 0.250. The average Bonchev–Trinajstić information content (AvgIpc) is 3.45. The van der Waals surface area contributed by atoms with Crippen molar-refractivity contribution in [2.24, 2.45) is 0 Å². The van der Waals surface area contributed by atoms with Crippen LogP contribution in [0.25, 0.3) is 21.9 Å². The van der Waals surface area contributed by atoms with Crippen molar-refractivity contribution in [2.75, 3.05) is 0 Å². The fourth-order valence-corrected chi connectivity index (χ4v) is 5.11. The molecule has 4 aromatic rings. The Morgan fingerprint density at radius 3 is 2.21 bits per heavy atom. The first-order valence-corrected chi connectivity index (χ1v) is 13.4. The first kappa shape index (κ1) is 26.8. The van der Waals surface area contributed by atoms with E-state index < -0.39 is 17.9 Å². The number of alkyl halides is 2. The maximum absolute atomic E-state index is 15.2. The first-order valence-electron chi connectivity index (χ1n) is 13.0. The van der Waals surface area contributed by atoms with Gasteiger partial charge in [-0.05, 0) is 77.4 Å². The van der Waals surface area contributed by atoms with Crippen molar-refractivity contribution < 1.29 is 23.1 Å². The highest BCUT2D eigenvalue weighted by Crippen LogP contribution is 2.33. The zero-order valence-corrected chi connectivity index (χ0v) is 22.0.